The highest BCUT2D eigenvalue weighted by atomic mass is 16.5. The van der Waals surface area contributed by atoms with Crippen molar-refractivity contribution in [2.24, 2.45) is 10.8 Å². The fourth-order valence-electron chi connectivity index (χ4n) is 1.11. The van der Waals surface area contributed by atoms with Crippen LogP contribution in [-0.4, -0.2) is 24.0 Å². The number of carbonyl (C=O) groups is 1. The van der Waals surface area contributed by atoms with Crippen LogP contribution in [0, 0.1) is 0 Å². The number of hydrogen-bond donors (Lipinski definition) is 3. The van der Waals surface area contributed by atoms with E-state index in [1.165, 1.54) is 13.2 Å². The molecule has 0 fully saturated rings. The third kappa shape index (κ3) is 2.88. The van der Waals surface area contributed by atoms with Gasteiger partial charge in [-0.15, -0.1) is 0 Å². The van der Waals surface area contributed by atoms with Gasteiger partial charge in [0.25, 0.3) is 0 Å². The molecule has 1 aromatic carbocycles. The number of amides is 2. The van der Waals surface area contributed by atoms with Gasteiger partial charge in [0.15, 0.2) is 11.5 Å². The van der Waals surface area contributed by atoms with Gasteiger partial charge in [-0.1, -0.05) is 0 Å². The second kappa shape index (κ2) is 5.01. The van der Waals surface area contributed by atoms with E-state index in [0.29, 0.717) is 17.0 Å². The maximum absolute atomic E-state index is 10.5. The molecule has 4 N–H and O–H groups in total. The zero-order valence-corrected chi connectivity index (χ0v) is 9.02. The zero-order valence-electron chi connectivity index (χ0n) is 9.02. The molecule has 0 bridgehead atoms. The first kappa shape index (κ1) is 11.8. The lowest BCUT2D eigenvalue weighted by Gasteiger charge is -2.06. The zero-order chi connectivity index (χ0) is 12.1. The number of nitrogens with two attached hydrogens (primary N) is 1. The van der Waals surface area contributed by atoms with Gasteiger partial charge in [0, 0.05) is 5.56 Å². The highest BCUT2D eigenvalue weighted by molar-refractivity contribution is 5.99. The average molecular weight is 223 g/mol. The molecule has 1 aromatic rings. The molecule has 6 nitrogen and oxygen atoms in total. The number of methoxy groups -OCH3 is 1. The van der Waals surface area contributed by atoms with E-state index in [1.54, 1.807) is 19.1 Å². The van der Waals surface area contributed by atoms with Gasteiger partial charge >= 0.3 is 6.03 Å². The fraction of sp³-hybridized carbons (Fsp3) is 0.200. The van der Waals surface area contributed by atoms with E-state index >= 15 is 0 Å². The predicted molar refractivity (Wildman–Crippen MR) is 59.6 cm³/mol. The Kier molecular flexibility index (Phi) is 3.71. The molecule has 16 heavy (non-hydrogen) atoms. The first-order valence-corrected chi connectivity index (χ1v) is 4.51. The molecule has 2 amide bonds. The predicted octanol–water partition coefficient (Wildman–Crippen LogP) is 0.793. The van der Waals surface area contributed by atoms with Crippen LogP contribution in [0.25, 0.3) is 0 Å². The van der Waals surface area contributed by atoms with E-state index in [0.717, 1.165) is 0 Å². The minimum atomic E-state index is -0.731. The molecule has 0 saturated heterocycles. The highest BCUT2D eigenvalue weighted by Crippen LogP contribution is 2.26. The van der Waals surface area contributed by atoms with Crippen molar-refractivity contribution in [3.8, 4) is 11.5 Å². The topological polar surface area (TPSA) is 96.9 Å². The van der Waals surface area contributed by atoms with Crippen molar-refractivity contribution in [2.45, 2.75) is 6.92 Å². The van der Waals surface area contributed by atoms with Crippen molar-refractivity contribution in [1.29, 1.82) is 0 Å². The number of benzene rings is 1. The molecule has 0 aliphatic heterocycles. The lowest BCUT2D eigenvalue weighted by molar-refractivity contribution is 0.249. The Labute approximate surface area is 92.7 Å². The summed E-state index contributed by atoms with van der Waals surface area (Å²) in [7, 11) is 1.45. The number of carbonyl (C=O) groups excluding carboxylic acids is 1. The maximum Gasteiger partial charge on any atom is 0.332 e. The second-order valence-corrected chi connectivity index (χ2v) is 3.06. The van der Waals surface area contributed by atoms with Crippen LogP contribution in [0.3, 0.4) is 0 Å². The van der Waals surface area contributed by atoms with Gasteiger partial charge in [0.05, 0.1) is 12.8 Å². The van der Waals surface area contributed by atoms with Crippen molar-refractivity contribution < 1.29 is 14.6 Å². The van der Waals surface area contributed by atoms with Gasteiger partial charge in [0.1, 0.15) is 0 Å². The Bertz CT molecular complexity index is 429. The monoisotopic (exact) mass is 223 g/mol. The van der Waals surface area contributed by atoms with Crippen LogP contribution in [0.4, 0.5) is 4.79 Å². The van der Waals surface area contributed by atoms with E-state index in [9.17, 15) is 9.90 Å². The van der Waals surface area contributed by atoms with E-state index < -0.39 is 6.03 Å². The molecule has 6 heteroatoms. The fourth-order valence-corrected chi connectivity index (χ4v) is 1.11. The van der Waals surface area contributed by atoms with E-state index in [1.807, 2.05) is 0 Å². The van der Waals surface area contributed by atoms with Crippen molar-refractivity contribution in [2.75, 3.05) is 7.11 Å². The molecular formula is C10H13N3O3. The van der Waals surface area contributed by atoms with Crippen LogP contribution in [0.2, 0.25) is 0 Å². The molecule has 0 spiro atoms. The SMILES string of the molecule is COc1cc(/C(C)=N/NC(N)=O)ccc1O. The van der Waals surface area contributed by atoms with E-state index in [4.69, 9.17) is 10.5 Å². The second-order valence-electron chi connectivity index (χ2n) is 3.06. The molecule has 0 saturated carbocycles. The molecule has 0 aromatic heterocycles. The minimum Gasteiger partial charge on any atom is -0.504 e. The molecule has 1 rings (SSSR count). The number of primary amides is 1. The standard InChI is InChI=1S/C10H13N3O3/c1-6(12-13-10(11)15)7-3-4-8(14)9(5-7)16-2/h3-5,14H,1-2H3,(H3,11,13,15)/b12-6+. The average Bonchev–Trinajstić information content (AvgIpc) is 2.26. The minimum absolute atomic E-state index is 0.0434. The van der Waals surface area contributed by atoms with E-state index in [-0.39, 0.29) is 5.75 Å². The van der Waals surface area contributed by atoms with Gasteiger partial charge in [-0.05, 0) is 25.1 Å². The smallest absolute Gasteiger partial charge is 0.332 e. The van der Waals surface area contributed by atoms with Gasteiger partial charge in [0.2, 0.25) is 0 Å². The van der Waals surface area contributed by atoms with Crippen LogP contribution >= 0.6 is 0 Å². The van der Waals surface area contributed by atoms with Crippen molar-refractivity contribution in [1.82, 2.24) is 5.43 Å². The van der Waals surface area contributed by atoms with Gasteiger partial charge in [-0.25, -0.2) is 10.2 Å². The molecule has 0 aliphatic rings. The number of nitrogens with zero attached hydrogens (tertiary/aromatic N) is 1. The van der Waals surface area contributed by atoms with Crippen LogP contribution < -0.4 is 15.9 Å². The maximum atomic E-state index is 10.5. The summed E-state index contributed by atoms with van der Waals surface area (Å²) in [5.74, 6) is 0.382. The van der Waals surface area contributed by atoms with Crippen LogP contribution in [-0.2, 0) is 0 Å². The number of aromatic hydroxyl groups is 1. The van der Waals surface area contributed by atoms with Crippen molar-refractivity contribution in [3.63, 3.8) is 0 Å². The number of rotatable bonds is 3. The summed E-state index contributed by atoms with van der Waals surface area (Å²) in [6.45, 7) is 1.70. The molecule has 0 heterocycles. The first-order valence-electron chi connectivity index (χ1n) is 4.51. The molecule has 0 atom stereocenters. The number of ether oxygens (including phenoxy) is 1. The summed E-state index contributed by atoms with van der Waals surface area (Å²) in [6, 6.07) is 4.01. The van der Waals surface area contributed by atoms with E-state index in [2.05, 4.69) is 10.5 Å². The third-order valence-corrected chi connectivity index (χ3v) is 1.93. The molecule has 86 valence electrons. The number of nitrogens with one attached hydrogen (secondary N) is 1. The summed E-state index contributed by atoms with van der Waals surface area (Å²) < 4.78 is 4.94. The van der Waals surface area contributed by atoms with Crippen molar-refractivity contribution in [3.05, 3.63) is 23.8 Å². The Balaban J connectivity index is 2.95. The summed E-state index contributed by atoms with van der Waals surface area (Å²) in [6.07, 6.45) is 0. The number of phenols is 1. The summed E-state index contributed by atoms with van der Waals surface area (Å²) in [4.78, 5) is 10.5. The molecular weight excluding hydrogens is 210 g/mol. The lowest BCUT2D eigenvalue weighted by Crippen LogP contribution is -2.25. The molecule has 0 radical (unpaired) electrons. The Hall–Kier alpha value is -2.24. The Morgan fingerprint density at radius 2 is 2.25 bits per heavy atom. The Morgan fingerprint density at radius 3 is 2.81 bits per heavy atom. The number of phenolic OH excluding ortho intramolecular Hbond substituents is 1. The highest BCUT2D eigenvalue weighted by Gasteiger charge is 2.04. The summed E-state index contributed by atoms with van der Waals surface area (Å²) in [5, 5.41) is 13.1. The number of urea groups is 1. The third-order valence-electron chi connectivity index (χ3n) is 1.93. The molecule has 0 unspecified atom stereocenters. The quantitative estimate of drug-likeness (QED) is 0.522. The van der Waals surface area contributed by atoms with Gasteiger partial charge in [-0.3, -0.25) is 0 Å². The lowest BCUT2D eigenvalue weighted by atomic mass is 10.1. The summed E-state index contributed by atoms with van der Waals surface area (Å²) >= 11 is 0. The normalized spacial score (nSPS) is 11.0. The Morgan fingerprint density at radius 1 is 1.56 bits per heavy atom. The van der Waals surface area contributed by atoms with Crippen LogP contribution in [0.5, 0.6) is 11.5 Å². The van der Waals surface area contributed by atoms with Gasteiger partial charge < -0.3 is 15.6 Å². The number of hydrogen-bond acceptors (Lipinski definition) is 4. The first-order chi connectivity index (χ1) is 7.54. The van der Waals surface area contributed by atoms with Crippen LogP contribution in [0.1, 0.15) is 12.5 Å². The molecule has 0 aliphatic carbocycles. The van der Waals surface area contributed by atoms with Gasteiger partial charge in [-0.2, -0.15) is 5.10 Å². The van der Waals surface area contributed by atoms with Crippen molar-refractivity contribution >= 4 is 11.7 Å². The largest absolute Gasteiger partial charge is 0.504 e. The number of hydrazone groups is 1. The van der Waals surface area contributed by atoms with Crippen LogP contribution in [0.15, 0.2) is 23.3 Å². The summed E-state index contributed by atoms with van der Waals surface area (Å²) in [5.41, 5.74) is 8.26.